The van der Waals surface area contributed by atoms with Crippen LogP contribution in [0.25, 0.3) is 33.4 Å². The Morgan fingerprint density at radius 1 is 0.725 bits per heavy atom. The molecule has 0 atom stereocenters. The van der Waals surface area contributed by atoms with Gasteiger partial charge in [0.25, 0.3) is 0 Å². The van der Waals surface area contributed by atoms with Gasteiger partial charge in [-0.15, -0.1) is 11.8 Å². The average molecular weight is 785 g/mol. The van der Waals surface area contributed by atoms with Gasteiger partial charge < -0.3 is 18.4 Å². The van der Waals surface area contributed by atoms with E-state index >= 15 is 0 Å². The molecule has 9 nitrogen and oxygen atoms in total. The smallest absolute Gasteiger partial charge is 0.744 e. The standard InChI is InChI=1S/C37H34N2O7S4.K/c1-3-38(24-47-28-11-7-5-8-12-28)26-15-18-31-34(21-26)46-35-22-27(39(4-2)25-48-29-13-9-6-10-14-29)16-19-32(35)37(31)33-20-17-30(49(40,41)42)23-36(33)50(43,44)45;/h5-23H,3-4,24-25H2,1-2H3,(H-,40,41,42,43,44,45);/q;+1/p-1. The minimum absolute atomic E-state index is 0. The van der Waals surface area contributed by atoms with Crippen LogP contribution >= 0.6 is 23.5 Å². The van der Waals surface area contributed by atoms with E-state index in [0.29, 0.717) is 58.8 Å². The summed E-state index contributed by atoms with van der Waals surface area (Å²) in [6.07, 6.45) is 0. The van der Waals surface area contributed by atoms with Gasteiger partial charge in [0.15, 0.2) is 5.88 Å². The van der Waals surface area contributed by atoms with Gasteiger partial charge in [0.1, 0.15) is 38.1 Å². The van der Waals surface area contributed by atoms with Crippen molar-refractivity contribution in [2.45, 2.75) is 33.4 Å². The molecule has 0 spiro atoms. The molecule has 1 heterocycles. The fourth-order valence-corrected chi connectivity index (χ4v) is 8.91. The van der Waals surface area contributed by atoms with Gasteiger partial charge in [-0.3, -0.25) is 0 Å². The molecule has 0 radical (unpaired) electrons. The van der Waals surface area contributed by atoms with Gasteiger partial charge in [-0.05, 0) is 68.4 Å². The van der Waals surface area contributed by atoms with Crippen LogP contribution in [0.1, 0.15) is 13.8 Å². The SMILES string of the molecule is CCN(CSc1ccccc1)c1ccc2c(-c3ccc(S(=O)(=O)[O-])cc3S(=O)(=O)[O-])c3cc/c(=[N+](\CC)CSc4ccccc4)cc-3oc2c1.[K+]. The maximum Gasteiger partial charge on any atom is 1.00 e. The Morgan fingerprint density at radius 3 is 1.98 bits per heavy atom. The third kappa shape index (κ3) is 9.37. The molecule has 51 heavy (non-hydrogen) atoms. The van der Waals surface area contributed by atoms with Crippen molar-refractivity contribution < 1.29 is 81.7 Å². The zero-order valence-corrected chi connectivity index (χ0v) is 34.6. The maximum absolute atomic E-state index is 12.6. The van der Waals surface area contributed by atoms with Crippen molar-refractivity contribution in [2.24, 2.45) is 0 Å². The van der Waals surface area contributed by atoms with E-state index in [-0.39, 0.29) is 56.9 Å². The quantitative estimate of drug-likeness (QED) is 0.0446. The zero-order chi connectivity index (χ0) is 35.5. The second kappa shape index (κ2) is 17.1. The van der Waals surface area contributed by atoms with Gasteiger partial charge in [-0.25, -0.2) is 21.4 Å². The number of hydrogen-bond donors (Lipinski definition) is 0. The molecule has 1 aliphatic carbocycles. The summed E-state index contributed by atoms with van der Waals surface area (Å²) in [6, 6.07) is 34.1. The number of fused-ring (bicyclic) bond motifs is 2. The number of nitrogens with zero attached hydrogens (tertiary/aromatic N) is 2. The molecule has 0 unspecified atom stereocenters. The fourth-order valence-electron chi connectivity index (χ4n) is 5.66. The minimum atomic E-state index is -5.23. The van der Waals surface area contributed by atoms with E-state index < -0.39 is 30.0 Å². The van der Waals surface area contributed by atoms with E-state index in [1.807, 2.05) is 84.9 Å². The van der Waals surface area contributed by atoms with Gasteiger partial charge in [-0.2, -0.15) is 0 Å². The van der Waals surface area contributed by atoms with Crippen LogP contribution in [0, 0.1) is 0 Å². The first-order valence-electron chi connectivity index (χ1n) is 15.7. The van der Waals surface area contributed by atoms with Crippen molar-refractivity contribution in [3.05, 3.63) is 121 Å². The Hall–Kier alpha value is -2.47. The van der Waals surface area contributed by atoms with Crippen LogP contribution in [0.2, 0.25) is 0 Å². The normalized spacial score (nSPS) is 12.5. The first kappa shape index (κ1) is 39.7. The summed E-state index contributed by atoms with van der Waals surface area (Å²) in [5, 5.41) is 1.38. The molecule has 14 heteroatoms. The third-order valence-electron chi connectivity index (χ3n) is 8.22. The molecule has 0 saturated heterocycles. The molecule has 6 rings (SSSR count). The number of thioether (sulfide) groups is 2. The maximum atomic E-state index is 12.6. The van der Waals surface area contributed by atoms with Crippen molar-refractivity contribution in [1.82, 2.24) is 4.58 Å². The van der Waals surface area contributed by atoms with Crippen LogP contribution < -0.4 is 66.2 Å². The number of hydrogen-bond acceptors (Lipinski definition) is 10. The summed E-state index contributed by atoms with van der Waals surface area (Å²) in [5.74, 6) is 1.75. The van der Waals surface area contributed by atoms with E-state index in [4.69, 9.17) is 4.42 Å². The van der Waals surface area contributed by atoms with Crippen molar-refractivity contribution in [1.29, 1.82) is 0 Å². The summed E-state index contributed by atoms with van der Waals surface area (Å²) in [6.45, 7) is 5.50. The largest absolute Gasteiger partial charge is 1.00 e. The molecule has 4 aromatic rings. The van der Waals surface area contributed by atoms with Crippen LogP contribution in [0.3, 0.4) is 0 Å². The molecular weight excluding hydrogens is 752 g/mol. The average Bonchev–Trinajstić information content (AvgIpc) is 3.11. The monoisotopic (exact) mass is 784 g/mol. The van der Waals surface area contributed by atoms with Gasteiger partial charge in [0, 0.05) is 56.2 Å². The van der Waals surface area contributed by atoms with Crippen molar-refractivity contribution in [2.75, 3.05) is 29.7 Å². The summed E-state index contributed by atoms with van der Waals surface area (Å²) in [5.41, 5.74) is 2.15. The molecule has 258 valence electrons. The molecule has 2 aliphatic rings. The summed E-state index contributed by atoms with van der Waals surface area (Å²) in [4.78, 5) is 2.81. The predicted octanol–water partition coefficient (Wildman–Crippen LogP) is 4.13. The second-order valence-electron chi connectivity index (χ2n) is 11.3. The van der Waals surface area contributed by atoms with Gasteiger partial charge in [-0.1, -0.05) is 54.2 Å². The Bertz CT molecular complexity index is 2420. The topological polar surface area (TPSA) is 134 Å². The Kier molecular flexibility index (Phi) is 13.3. The van der Waals surface area contributed by atoms with Gasteiger partial charge in [0.2, 0.25) is 5.36 Å². The molecule has 0 N–H and O–H groups in total. The second-order valence-corrected chi connectivity index (χ2v) is 16.1. The fraction of sp³-hybridized carbons (Fsp3) is 0.162. The number of anilines is 1. The third-order valence-corrected chi connectivity index (χ3v) is 12.0. The van der Waals surface area contributed by atoms with E-state index in [1.165, 1.54) is 6.07 Å². The first-order chi connectivity index (χ1) is 24.0. The summed E-state index contributed by atoms with van der Waals surface area (Å²) >= 11 is 3.37. The molecular formula is C37H33KN2O7S4. The van der Waals surface area contributed by atoms with Crippen molar-refractivity contribution >= 4 is 60.4 Å². The van der Waals surface area contributed by atoms with Crippen LogP contribution in [-0.4, -0.2) is 50.8 Å². The van der Waals surface area contributed by atoms with Crippen LogP contribution in [-0.2, 0) is 20.2 Å². The van der Waals surface area contributed by atoms with Crippen LogP contribution in [0.5, 0.6) is 0 Å². The Balaban J connectivity index is 0.00000504. The Morgan fingerprint density at radius 2 is 1.37 bits per heavy atom. The number of benzene rings is 5. The van der Waals surface area contributed by atoms with E-state index in [2.05, 4.69) is 23.3 Å². The molecule has 0 saturated carbocycles. The summed E-state index contributed by atoms with van der Waals surface area (Å²) in [7, 11) is -10.3. The molecule has 0 fully saturated rings. The van der Waals surface area contributed by atoms with Crippen molar-refractivity contribution in [3.63, 3.8) is 0 Å². The molecule has 4 aromatic carbocycles. The predicted molar refractivity (Wildman–Crippen MR) is 197 cm³/mol. The number of rotatable bonds is 12. The van der Waals surface area contributed by atoms with Gasteiger partial charge >= 0.3 is 51.4 Å². The van der Waals surface area contributed by atoms with Gasteiger partial charge in [0.05, 0.1) is 21.7 Å². The van der Waals surface area contributed by atoms with E-state index in [1.54, 1.807) is 35.7 Å². The molecule has 0 bridgehead atoms. The Labute approximate surface area is 349 Å². The van der Waals surface area contributed by atoms with Crippen LogP contribution in [0.4, 0.5) is 5.69 Å². The molecule has 0 aromatic heterocycles. The first-order valence-corrected chi connectivity index (χ1v) is 20.5. The zero-order valence-electron chi connectivity index (χ0n) is 28.2. The van der Waals surface area contributed by atoms with Crippen molar-refractivity contribution in [3.8, 4) is 22.5 Å². The van der Waals surface area contributed by atoms with E-state index in [9.17, 15) is 25.9 Å². The molecule has 0 amide bonds. The summed E-state index contributed by atoms with van der Waals surface area (Å²) < 4.78 is 82.2. The minimum Gasteiger partial charge on any atom is -0.744 e. The van der Waals surface area contributed by atoms with Crippen LogP contribution in [0.15, 0.2) is 139 Å². The van der Waals surface area contributed by atoms with E-state index in [0.717, 1.165) is 26.9 Å². The molecule has 1 aliphatic heterocycles.